The number of benzene rings is 1. The minimum Gasteiger partial charge on any atom is -0.333 e. The van der Waals surface area contributed by atoms with Crippen LogP contribution >= 0.6 is 23.1 Å². The van der Waals surface area contributed by atoms with Gasteiger partial charge in [0.05, 0.1) is 11.2 Å². The normalized spacial score (nSPS) is 14.7. The van der Waals surface area contributed by atoms with Crippen LogP contribution in [-0.2, 0) is 18.4 Å². The first-order chi connectivity index (χ1) is 10.9. The van der Waals surface area contributed by atoms with Crippen molar-refractivity contribution in [3.63, 3.8) is 0 Å². The van der Waals surface area contributed by atoms with Crippen LogP contribution in [0.25, 0.3) is 0 Å². The molecule has 0 N–H and O–H groups in total. The smallest absolute Gasteiger partial charge is 0.266 e. The van der Waals surface area contributed by atoms with E-state index in [0.717, 1.165) is 23.5 Å². The molecule has 0 saturated carbocycles. The molecule has 0 aliphatic carbocycles. The van der Waals surface area contributed by atoms with Crippen LogP contribution in [-0.4, -0.2) is 28.6 Å². The van der Waals surface area contributed by atoms with E-state index >= 15 is 0 Å². The number of amides is 1. The van der Waals surface area contributed by atoms with Gasteiger partial charge in [0, 0.05) is 23.4 Å². The first-order valence-electron chi connectivity index (χ1n) is 7.80. The molecule has 0 bridgehead atoms. The first-order valence-corrected chi connectivity index (χ1v) is 9.90. The maximum atomic E-state index is 13.0. The summed E-state index contributed by atoms with van der Waals surface area (Å²) in [4.78, 5) is 21.5. The Morgan fingerprint density at radius 2 is 2.13 bits per heavy atom. The van der Waals surface area contributed by atoms with Crippen LogP contribution < -0.4 is 0 Å². The van der Waals surface area contributed by atoms with Crippen molar-refractivity contribution in [2.24, 2.45) is 0 Å². The highest BCUT2D eigenvalue weighted by Gasteiger charge is 2.30. The Bertz CT molecular complexity index is 717. The average molecular weight is 347 g/mol. The quantitative estimate of drug-likeness (QED) is 0.758. The zero-order valence-corrected chi connectivity index (χ0v) is 15.7. The molecule has 1 aromatic heterocycles. The fourth-order valence-electron chi connectivity index (χ4n) is 2.99. The fourth-order valence-corrected chi connectivity index (χ4v) is 4.61. The molecule has 2 heterocycles. The summed E-state index contributed by atoms with van der Waals surface area (Å²) in [5.41, 5.74) is 5.28. The largest absolute Gasteiger partial charge is 0.333 e. The molecular weight excluding hydrogens is 324 g/mol. The van der Waals surface area contributed by atoms with Gasteiger partial charge >= 0.3 is 0 Å². The Balaban J connectivity index is 1.90. The van der Waals surface area contributed by atoms with E-state index < -0.39 is 0 Å². The number of fused-ring (bicyclic) bond motifs is 1. The second-order valence-electron chi connectivity index (χ2n) is 6.85. The lowest BCUT2D eigenvalue weighted by atomic mass is 9.91. The van der Waals surface area contributed by atoms with Gasteiger partial charge in [-0.3, -0.25) is 4.79 Å². The summed E-state index contributed by atoms with van der Waals surface area (Å²) in [6.07, 6.45) is 3.02. The van der Waals surface area contributed by atoms with Crippen molar-refractivity contribution in [1.29, 1.82) is 0 Å². The summed E-state index contributed by atoms with van der Waals surface area (Å²) in [5, 5.41) is 0. The maximum absolute atomic E-state index is 13.0. The van der Waals surface area contributed by atoms with Gasteiger partial charge in [-0.25, -0.2) is 4.98 Å². The third-order valence-corrected chi connectivity index (χ3v) is 5.85. The molecule has 0 fully saturated rings. The Kier molecular flexibility index (Phi) is 4.52. The second kappa shape index (κ2) is 6.29. The summed E-state index contributed by atoms with van der Waals surface area (Å²) in [6.45, 7) is 7.81. The SMILES string of the molecule is CSc1cccc2c1CN(C(=O)c1scnc1C(C)(C)C)CC2. The first kappa shape index (κ1) is 16.5. The Hall–Kier alpha value is -1.33. The van der Waals surface area contributed by atoms with Gasteiger partial charge in [-0.2, -0.15) is 0 Å². The zero-order chi connectivity index (χ0) is 16.6. The molecule has 1 aliphatic heterocycles. The van der Waals surface area contributed by atoms with E-state index in [4.69, 9.17) is 0 Å². The van der Waals surface area contributed by atoms with Crippen LogP contribution in [0.5, 0.6) is 0 Å². The van der Waals surface area contributed by atoms with Gasteiger partial charge in [0.25, 0.3) is 5.91 Å². The maximum Gasteiger partial charge on any atom is 0.266 e. The van der Waals surface area contributed by atoms with Crippen molar-refractivity contribution in [2.45, 2.75) is 44.0 Å². The van der Waals surface area contributed by atoms with Crippen LogP contribution in [0.1, 0.15) is 47.3 Å². The van der Waals surface area contributed by atoms with E-state index in [2.05, 4.69) is 50.2 Å². The highest BCUT2D eigenvalue weighted by Crippen LogP contribution is 2.32. The van der Waals surface area contributed by atoms with Gasteiger partial charge in [-0.15, -0.1) is 23.1 Å². The Morgan fingerprint density at radius 1 is 1.35 bits per heavy atom. The number of thiazole rings is 1. The molecule has 0 radical (unpaired) electrons. The van der Waals surface area contributed by atoms with Gasteiger partial charge < -0.3 is 4.90 Å². The molecule has 1 aliphatic rings. The van der Waals surface area contributed by atoms with Gasteiger partial charge in [-0.1, -0.05) is 32.9 Å². The number of hydrogen-bond acceptors (Lipinski definition) is 4. The molecule has 5 heteroatoms. The summed E-state index contributed by atoms with van der Waals surface area (Å²) < 4.78 is 0. The lowest BCUT2D eigenvalue weighted by Crippen LogP contribution is -2.37. The summed E-state index contributed by atoms with van der Waals surface area (Å²) >= 11 is 3.22. The average Bonchev–Trinajstić information content (AvgIpc) is 3.03. The molecule has 0 saturated heterocycles. The van der Waals surface area contributed by atoms with Gasteiger partial charge in [0.2, 0.25) is 0 Å². The predicted molar refractivity (Wildman–Crippen MR) is 97.5 cm³/mol. The number of carbonyl (C=O) groups is 1. The molecule has 3 rings (SSSR count). The molecule has 3 nitrogen and oxygen atoms in total. The number of aromatic nitrogens is 1. The molecule has 1 amide bonds. The van der Waals surface area contributed by atoms with Gasteiger partial charge in [-0.05, 0) is 29.9 Å². The molecular formula is C18H22N2OS2. The topological polar surface area (TPSA) is 33.2 Å². The van der Waals surface area contributed by atoms with Crippen LogP contribution in [0.15, 0.2) is 28.6 Å². The molecule has 23 heavy (non-hydrogen) atoms. The number of rotatable bonds is 2. The van der Waals surface area contributed by atoms with Crippen molar-refractivity contribution >= 4 is 29.0 Å². The van der Waals surface area contributed by atoms with E-state index in [9.17, 15) is 4.79 Å². The van der Waals surface area contributed by atoms with Crippen LogP contribution in [0.2, 0.25) is 0 Å². The zero-order valence-electron chi connectivity index (χ0n) is 14.0. The highest BCUT2D eigenvalue weighted by molar-refractivity contribution is 7.98. The van der Waals surface area contributed by atoms with Gasteiger partial charge in [0.15, 0.2) is 0 Å². The van der Waals surface area contributed by atoms with Gasteiger partial charge in [0.1, 0.15) is 4.88 Å². The minimum absolute atomic E-state index is 0.108. The third kappa shape index (κ3) is 3.17. The molecule has 0 atom stereocenters. The van der Waals surface area contributed by atoms with Crippen LogP contribution in [0.4, 0.5) is 0 Å². The molecule has 0 unspecified atom stereocenters. The molecule has 2 aromatic rings. The Morgan fingerprint density at radius 3 is 2.83 bits per heavy atom. The van der Waals surface area contributed by atoms with E-state index in [1.807, 2.05) is 4.90 Å². The monoisotopic (exact) mass is 346 g/mol. The lowest BCUT2D eigenvalue weighted by Gasteiger charge is -2.30. The molecule has 0 spiro atoms. The van der Waals surface area contributed by atoms with Crippen molar-refractivity contribution in [3.8, 4) is 0 Å². The van der Waals surface area contributed by atoms with E-state index in [1.54, 1.807) is 17.3 Å². The number of thioether (sulfide) groups is 1. The van der Waals surface area contributed by atoms with Crippen molar-refractivity contribution in [3.05, 3.63) is 45.4 Å². The molecule has 1 aromatic carbocycles. The number of hydrogen-bond donors (Lipinski definition) is 0. The van der Waals surface area contributed by atoms with E-state index in [1.165, 1.54) is 27.4 Å². The summed E-state index contributed by atoms with van der Waals surface area (Å²) in [7, 11) is 0. The van der Waals surface area contributed by atoms with Crippen LogP contribution in [0.3, 0.4) is 0 Å². The summed E-state index contributed by atoms with van der Waals surface area (Å²) in [6, 6.07) is 6.44. The number of nitrogens with zero attached hydrogens (tertiary/aromatic N) is 2. The predicted octanol–water partition coefficient (Wildman–Crippen LogP) is 4.36. The highest BCUT2D eigenvalue weighted by atomic mass is 32.2. The van der Waals surface area contributed by atoms with Crippen molar-refractivity contribution in [1.82, 2.24) is 9.88 Å². The standard InChI is InChI=1S/C18H22N2OS2/c1-18(2,3)16-15(23-11-19-16)17(21)20-9-8-12-6-5-7-14(22-4)13(12)10-20/h5-7,11H,8-10H2,1-4H3. The van der Waals surface area contributed by atoms with Crippen LogP contribution in [0, 0.1) is 0 Å². The number of carbonyl (C=O) groups excluding carboxylic acids is 1. The fraction of sp³-hybridized carbons (Fsp3) is 0.444. The van der Waals surface area contributed by atoms with Crippen molar-refractivity contribution in [2.75, 3.05) is 12.8 Å². The van der Waals surface area contributed by atoms with Crippen molar-refractivity contribution < 1.29 is 4.79 Å². The minimum atomic E-state index is -0.108. The summed E-state index contributed by atoms with van der Waals surface area (Å²) in [5.74, 6) is 0.124. The van der Waals surface area contributed by atoms with E-state index in [-0.39, 0.29) is 11.3 Å². The molecule has 122 valence electrons. The third-order valence-electron chi connectivity index (χ3n) is 4.21. The van der Waals surface area contributed by atoms with E-state index in [0.29, 0.717) is 6.54 Å². The Labute approximate surface area is 146 Å². The lowest BCUT2D eigenvalue weighted by molar-refractivity contribution is 0.0735. The second-order valence-corrected chi connectivity index (χ2v) is 8.56.